The maximum atomic E-state index is 11.3. The van der Waals surface area contributed by atoms with E-state index < -0.39 is 5.97 Å². The number of nitrogens with zero attached hydrogens (tertiary/aromatic N) is 2. The average Bonchev–Trinajstić information content (AvgIpc) is 2.84. The molecule has 104 valence electrons. The number of fused-ring (bicyclic) bond motifs is 1. The van der Waals surface area contributed by atoms with Crippen molar-refractivity contribution < 1.29 is 14.4 Å². The number of aryl methyl sites for hydroxylation is 1. The lowest BCUT2D eigenvalue weighted by atomic mass is 9.96. The van der Waals surface area contributed by atoms with Crippen LogP contribution in [0.2, 0.25) is 0 Å². The molecule has 3 rings (SSSR count). The van der Waals surface area contributed by atoms with Crippen LogP contribution >= 0.6 is 0 Å². The summed E-state index contributed by atoms with van der Waals surface area (Å²) in [5, 5.41) is 13.3. The van der Waals surface area contributed by atoms with Gasteiger partial charge >= 0.3 is 5.97 Å². The first kappa shape index (κ1) is 12.7. The summed E-state index contributed by atoms with van der Waals surface area (Å²) in [6.07, 6.45) is 1.76. The normalized spacial score (nSPS) is 14.2. The monoisotopic (exact) mass is 272 g/mol. The van der Waals surface area contributed by atoms with Gasteiger partial charge in [0.05, 0.1) is 12.1 Å². The third-order valence-corrected chi connectivity index (χ3v) is 3.61. The highest BCUT2D eigenvalue weighted by atomic mass is 16.5. The second-order valence-electron chi connectivity index (χ2n) is 5.06. The lowest BCUT2D eigenvalue weighted by Crippen LogP contribution is -2.30. The Bertz CT molecular complexity index is 648. The summed E-state index contributed by atoms with van der Waals surface area (Å²) in [5.41, 5.74) is 3.20. The Morgan fingerprint density at radius 1 is 1.50 bits per heavy atom. The van der Waals surface area contributed by atoms with Crippen LogP contribution in [0.4, 0.5) is 5.69 Å². The molecule has 0 radical (unpaired) electrons. The Morgan fingerprint density at radius 3 is 3.05 bits per heavy atom. The molecular weight excluding hydrogens is 256 g/mol. The fraction of sp³-hybridized carbons (Fsp3) is 0.333. The van der Waals surface area contributed by atoms with Gasteiger partial charge in [-0.3, -0.25) is 0 Å². The molecule has 1 aromatic carbocycles. The van der Waals surface area contributed by atoms with Crippen molar-refractivity contribution in [1.82, 2.24) is 5.16 Å². The zero-order valence-electron chi connectivity index (χ0n) is 11.3. The summed E-state index contributed by atoms with van der Waals surface area (Å²) in [4.78, 5) is 13.5. The van der Waals surface area contributed by atoms with Crippen LogP contribution in [0.1, 0.15) is 33.8 Å². The first-order chi connectivity index (χ1) is 9.65. The first-order valence-electron chi connectivity index (χ1n) is 6.67. The maximum absolute atomic E-state index is 11.3. The van der Waals surface area contributed by atoms with Gasteiger partial charge in [-0.1, -0.05) is 11.2 Å². The lowest BCUT2D eigenvalue weighted by Gasteiger charge is -2.31. The van der Waals surface area contributed by atoms with Gasteiger partial charge in [0.15, 0.2) is 0 Å². The quantitative estimate of drug-likeness (QED) is 0.930. The standard InChI is InChI=1S/C15H16N2O3/c1-10-8-11(16-20-10)9-17-7-3-5-12-13(15(18)19)4-2-6-14(12)17/h2,4,6,8H,3,5,7,9H2,1H3,(H,18,19). The van der Waals surface area contributed by atoms with Crippen molar-refractivity contribution >= 4 is 11.7 Å². The molecule has 0 saturated carbocycles. The van der Waals surface area contributed by atoms with Crippen LogP contribution in [-0.4, -0.2) is 22.8 Å². The molecule has 1 aromatic heterocycles. The molecule has 2 aromatic rings. The summed E-state index contributed by atoms with van der Waals surface area (Å²) in [6, 6.07) is 7.36. The fourth-order valence-electron chi connectivity index (χ4n) is 2.75. The highest BCUT2D eigenvalue weighted by molar-refractivity contribution is 5.91. The second-order valence-corrected chi connectivity index (χ2v) is 5.06. The van der Waals surface area contributed by atoms with Crippen LogP contribution < -0.4 is 4.90 Å². The van der Waals surface area contributed by atoms with Crippen LogP contribution in [0.5, 0.6) is 0 Å². The SMILES string of the molecule is Cc1cc(CN2CCCc3c(C(=O)O)cccc32)no1. The molecule has 5 nitrogen and oxygen atoms in total. The molecule has 1 aliphatic rings. The van der Waals surface area contributed by atoms with Crippen molar-refractivity contribution in [2.45, 2.75) is 26.3 Å². The van der Waals surface area contributed by atoms with Gasteiger partial charge in [-0.25, -0.2) is 4.79 Å². The van der Waals surface area contributed by atoms with E-state index in [1.807, 2.05) is 19.1 Å². The van der Waals surface area contributed by atoms with E-state index in [0.29, 0.717) is 12.1 Å². The number of hydrogen-bond acceptors (Lipinski definition) is 4. The summed E-state index contributed by atoms with van der Waals surface area (Å²) in [7, 11) is 0. The van der Waals surface area contributed by atoms with E-state index in [9.17, 15) is 9.90 Å². The largest absolute Gasteiger partial charge is 0.478 e. The molecule has 1 N–H and O–H groups in total. The third-order valence-electron chi connectivity index (χ3n) is 3.61. The van der Waals surface area contributed by atoms with Crippen molar-refractivity contribution in [2.75, 3.05) is 11.4 Å². The summed E-state index contributed by atoms with van der Waals surface area (Å²) < 4.78 is 5.09. The molecule has 5 heteroatoms. The highest BCUT2D eigenvalue weighted by Gasteiger charge is 2.22. The van der Waals surface area contributed by atoms with Crippen LogP contribution in [0.15, 0.2) is 28.8 Å². The molecule has 0 saturated heterocycles. The fourth-order valence-corrected chi connectivity index (χ4v) is 2.75. The number of aromatic carboxylic acids is 1. The number of anilines is 1. The minimum atomic E-state index is -0.860. The maximum Gasteiger partial charge on any atom is 0.336 e. The van der Waals surface area contributed by atoms with E-state index in [1.165, 1.54) is 0 Å². The molecule has 1 aliphatic heterocycles. The van der Waals surface area contributed by atoms with Gasteiger partial charge in [-0.05, 0) is 37.5 Å². The first-order valence-corrected chi connectivity index (χ1v) is 6.67. The Balaban J connectivity index is 1.94. The van der Waals surface area contributed by atoms with Gasteiger partial charge in [0.25, 0.3) is 0 Å². The minimum absolute atomic E-state index is 0.406. The Hall–Kier alpha value is -2.30. The van der Waals surface area contributed by atoms with Gasteiger partial charge < -0.3 is 14.5 Å². The van der Waals surface area contributed by atoms with E-state index in [1.54, 1.807) is 12.1 Å². The number of rotatable bonds is 3. The van der Waals surface area contributed by atoms with E-state index >= 15 is 0 Å². The van der Waals surface area contributed by atoms with Gasteiger partial charge in [0.2, 0.25) is 0 Å². The smallest absolute Gasteiger partial charge is 0.336 e. The predicted molar refractivity (Wildman–Crippen MR) is 74.0 cm³/mol. The molecular formula is C15H16N2O3. The highest BCUT2D eigenvalue weighted by Crippen LogP contribution is 2.31. The van der Waals surface area contributed by atoms with Gasteiger partial charge in [0, 0.05) is 18.3 Å². The van der Waals surface area contributed by atoms with E-state index in [4.69, 9.17) is 4.52 Å². The number of carbonyl (C=O) groups is 1. The number of aromatic nitrogens is 1. The van der Waals surface area contributed by atoms with Crippen LogP contribution in [0, 0.1) is 6.92 Å². The molecule has 0 spiro atoms. The van der Waals surface area contributed by atoms with Crippen LogP contribution in [0.3, 0.4) is 0 Å². The average molecular weight is 272 g/mol. The van der Waals surface area contributed by atoms with Crippen molar-refractivity contribution in [3.63, 3.8) is 0 Å². The Kier molecular flexibility index (Phi) is 3.18. The Labute approximate surface area is 116 Å². The molecule has 0 aliphatic carbocycles. The lowest BCUT2D eigenvalue weighted by molar-refractivity contribution is 0.0695. The molecule has 0 atom stereocenters. The van der Waals surface area contributed by atoms with E-state index in [2.05, 4.69) is 10.1 Å². The summed E-state index contributed by atoms with van der Waals surface area (Å²) in [5.74, 6) is -0.0718. The van der Waals surface area contributed by atoms with Gasteiger partial charge in [-0.2, -0.15) is 0 Å². The molecule has 20 heavy (non-hydrogen) atoms. The second kappa shape index (κ2) is 5.00. The van der Waals surface area contributed by atoms with Gasteiger partial charge in [-0.15, -0.1) is 0 Å². The zero-order valence-corrected chi connectivity index (χ0v) is 11.3. The molecule has 0 fully saturated rings. The molecule has 0 amide bonds. The zero-order chi connectivity index (χ0) is 14.1. The Morgan fingerprint density at radius 2 is 2.35 bits per heavy atom. The predicted octanol–water partition coefficient (Wildman–Crippen LogP) is 2.63. The van der Waals surface area contributed by atoms with E-state index in [-0.39, 0.29) is 0 Å². The van der Waals surface area contributed by atoms with Crippen molar-refractivity contribution in [1.29, 1.82) is 0 Å². The summed E-state index contributed by atoms with van der Waals surface area (Å²) >= 11 is 0. The molecule has 0 unspecified atom stereocenters. The van der Waals surface area contributed by atoms with Gasteiger partial charge in [0.1, 0.15) is 11.5 Å². The topological polar surface area (TPSA) is 66.6 Å². The third kappa shape index (κ3) is 2.27. The molecule has 2 heterocycles. The van der Waals surface area contributed by atoms with Crippen molar-refractivity contribution in [3.05, 3.63) is 46.8 Å². The van der Waals surface area contributed by atoms with Crippen LogP contribution in [0.25, 0.3) is 0 Å². The number of carboxylic acid groups (broad SMARTS) is 1. The van der Waals surface area contributed by atoms with E-state index in [0.717, 1.165) is 42.1 Å². The van der Waals surface area contributed by atoms with Crippen LogP contribution in [-0.2, 0) is 13.0 Å². The minimum Gasteiger partial charge on any atom is -0.478 e. The van der Waals surface area contributed by atoms with Crippen molar-refractivity contribution in [2.24, 2.45) is 0 Å². The van der Waals surface area contributed by atoms with Crippen molar-refractivity contribution in [3.8, 4) is 0 Å². The summed E-state index contributed by atoms with van der Waals surface area (Å²) in [6.45, 7) is 3.42. The number of carboxylic acids is 1. The molecule has 0 bridgehead atoms. The number of hydrogen-bond donors (Lipinski definition) is 1. The number of benzene rings is 1.